The zero-order chi connectivity index (χ0) is 53.0. The Hall–Kier alpha value is -6.80. The maximum Gasteiger partial charge on any atom is 0.264 e. The third-order valence-electron chi connectivity index (χ3n) is 14.6. The Morgan fingerprint density at radius 1 is 0.797 bits per heavy atom. The summed E-state index contributed by atoms with van der Waals surface area (Å²) in [7, 11) is -2.45. The largest absolute Gasteiger partial charge is 0.497 e. The molecule has 2 amide bonds. The fourth-order valence-electron chi connectivity index (χ4n) is 10.8. The smallest absolute Gasteiger partial charge is 0.264 e. The van der Waals surface area contributed by atoms with Crippen molar-refractivity contribution in [2.75, 3.05) is 43.9 Å². The van der Waals surface area contributed by atoms with Crippen LogP contribution in [0.4, 0.5) is 11.4 Å². The number of rotatable bonds is 20. The maximum absolute atomic E-state index is 13.7. The lowest BCUT2D eigenvalue weighted by Crippen LogP contribution is -2.29. The highest BCUT2D eigenvalue weighted by Gasteiger charge is 2.45. The molecule has 2 aliphatic heterocycles. The number of ether oxygens (including phenoxy) is 1. The van der Waals surface area contributed by atoms with Crippen LogP contribution in [0.25, 0.3) is 21.7 Å². The number of amides is 2. The van der Waals surface area contributed by atoms with E-state index in [0.29, 0.717) is 72.9 Å². The van der Waals surface area contributed by atoms with Crippen LogP contribution in [0.1, 0.15) is 98.6 Å². The third kappa shape index (κ3) is 11.3. The fourth-order valence-corrected chi connectivity index (χ4v) is 11.5. The molecule has 0 atom stereocenters. The Morgan fingerprint density at radius 2 is 1.51 bits per heavy atom. The first-order valence-electron chi connectivity index (χ1n) is 25.4. The van der Waals surface area contributed by atoms with E-state index in [1.54, 1.807) is 42.0 Å². The molecule has 386 valence electrons. The minimum atomic E-state index is -4.03. The van der Waals surface area contributed by atoms with Crippen LogP contribution < -0.4 is 20.3 Å². The molecule has 0 radical (unpaired) electrons. The van der Waals surface area contributed by atoms with Crippen LogP contribution in [-0.2, 0) is 43.4 Å². The number of halogens is 1. The predicted octanol–water partition coefficient (Wildman–Crippen LogP) is 11.1. The molecule has 0 aliphatic carbocycles. The monoisotopic (exact) mass is 1040 g/mol. The summed E-state index contributed by atoms with van der Waals surface area (Å²) in [6, 6.07) is 31.3. The van der Waals surface area contributed by atoms with Gasteiger partial charge in [-0.1, -0.05) is 80.1 Å². The van der Waals surface area contributed by atoms with Crippen LogP contribution in [-0.4, -0.2) is 84.6 Å². The van der Waals surface area contributed by atoms with Crippen molar-refractivity contribution < 1.29 is 36.7 Å². The SMILES string of the molecule is CCN1\C(=C/C=C/C=C/C2=[N+](CCCCS(=O)(=O)O)c3ccc4ccccc4c3C2(C)C)C(C)(C)c2cc(CC(=O)NCCCCNC(=O)Cc3c(C)n(C(=O)c4ccc(Cl)cc4)c4ccc(OC)cc34)ccc21. The highest BCUT2D eigenvalue weighted by atomic mass is 35.5. The second-order valence-corrected chi connectivity index (χ2v) is 22.2. The van der Waals surface area contributed by atoms with E-state index in [9.17, 15) is 27.4 Å². The lowest BCUT2D eigenvalue weighted by atomic mass is 9.79. The first kappa shape index (κ1) is 53.5. The Labute approximate surface area is 440 Å². The summed E-state index contributed by atoms with van der Waals surface area (Å²) < 4.78 is 41.8. The normalized spacial score (nSPS) is 15.5. The molecule has 12 nitrogen and oxygen atoms in total. The Balaban J connectivity index is 0.856. The summed E-state index contributed by atoms with van der Waals surface area (Å²) in [5.74, 6) is -0.0657. The number of hydrogen-bond donors (Lipinski definition) is 3. The minimum Gasteiger partial charge on any atom is -0.497 e. The van der Waals surface area contributed by atoms with Crippen LogP contribution in [0.2, 0.25) is 5.02 Å². The van der Waals surface area contributed by atoms with E-state index < -0.39 is 10.1 Å². The average Bonchev–Trinajstić information content (AvgIpc) is 3.86. The standard InChI is InChI=1S/C60H66ClN5O7S/c1-8-64-51-29-22-41(37-55(67)62-32-14-15-33-63-56(68)39-47-40(2)66(50-31-28-45(73-7)38-48(47)50)58(69)43-23-26-44(61)27-24-43)36-49(51)59(3,4)53(64)20-10-9-11-21-54-60(5,6)57-46-19-13-12-18-42(46)25-30-52(57)65(54)34-16-17-35-74(70,71)72/h9-13,18-31,36,38H,8,14-17,32-35,37,39H2,1-7H3,(H2-,62,63,67,68,70,71,72)/p+1. The Bertz CT molecular complexity index is 3380. The second kappa shape index (κ2) is 22.4. The Morgan fingerprint density at radius 3 is 2.22 bits per heavy atom. The number of methoxy groups -OCH3 is 1. The molecule has 0 fully saturated rings. The number of likely N-dealkylation sites (N-methyl/N-ethyl adjacent to an activating group) is 1. The van der Waals surface area contributed by atoms with Crippen LogP contribution in [0.3, 0.4) is 0 Å². The van der Waals surface area contributed by atoms with Gasteiger partial charge in [-0.3, -0.25) is 23.5 Å². The number of unbranched alkanes of at least 4 members (excludes halogenated alkanes) is 2. The lowest BCUT2D eigenvalue weighted by molar-refractivity contribution is -0.438. The number of carbonyl (C=O) groups is 3. The van der Waals surface area contributed by atoms with Crippen molar-refractivity contribution in [1.82, 2.24) is 15.2 Å². The number of aromatic nitrogens is 1. The van der Waals surface area contributed by atoms with Gasteiger partial charge in [-0.25, -0.2) is 0 Å². The quantitative estimate of drug-likeness (QED) is 0.0296. The van der Waals surface area contributed by atoms with Gasteiger partial charge in [0.2, 0.25) is 17.5 Å². The van der Waals surface area contributed by atoms with Gasteiger partial charge in [0.05, 0.1) is 36.6 Å². The van der Waals surface area contributed by atoms with Crippen LogP contribution in [0.15, 0.2) is 133 Å². The number of carbonyl (C=O) groups excluding carboxylic acids is 3. The van der Waals surface area contributed by atoms with E-state index in [-0.39, 0.29) is 47.1 Å². The molecular formula is C60H67ClN5O7S+. The second-order valence-electron chi connectivity index (χ2n) is 20.2. The van der Waals surface area contributed by atoms with E-state index in [4.69, 9.17) is 16.3 Å². The van der Waals surface area contributed by atoms with Crippen LogP contribution in [0, 0.1) is 6.92 Å². The zero-order valence-corrected chi connectivity index (χ0v) is 45.0. The topological polar surface area (TPSA) is 150 Å². The fraction of sp³-hybridized carbons (Fsp3) is 0.333. The average molecular weight is 1040 g/mol. The molecule has 74 heavy (non-hydrogen) atoms. The molecule has 14 heteroatoms. The van der Waals surface area contributed by atoms with E-state index in [2.05, 4.69) is 128 Å². The van der Waals surface area contributed by atoms with Crippen molar-refractivity contribution in [2.24, 2.45) is 0 Å². The molecule has 3 heterocycles. The number of hydrogen-bond acceptors (Lipinski definition) is 7. The van der Waals surface area contributed by atoms with Gasteiger partial charge in [-0.15, -0.1) is 0 Å². The van der Waals surface area contributed by atoms with Gasteiger partial charge >= 0.3 is 0 Å². The van der Waals surface area contributed by atoms with Crippen molar-refractivity contribution >= 4 is 78.2 Å². The summed E-state index contributed by atoms with van der Waals surface area (Å²) in [6.45, 7) is 15.2. The highest BCUT2D eigenvalue weighted by Crippen LogP contribution is 2.48. The van der Waals surface area contributed by atoms with Gasteiger partial charge in [0.15, 0.2) is 5.71 Å². The molecular weight excluding hydrogens is 970 g/mol. The zero-order valence-electron chi connectivity index (χ0n) is 43.4. The van der Waals surface area contributed by atoms with Crippen molar-refractivity contribution in [3.05, 3.63) is 172 Å². The number of allylic oxidation sites excluding steroid dienone is 6. The Kier molecular flexibility index (Phi) is 16.2. The molecule has 0 bridgehead atoms. The molecule has 5 aromatic carbocycles. The summed E-state index contributed by atoms with van der Waals surface area (Å²) in [6.07, 6.45) is 13.2. The summed E-state index contributed by atoms with van der Waals surface area (Å²) in [5.41, 5.74) is 9.84. The van der Waals surface area contributed by atoms with Crippen molar-refractivity contribution in [3.63, 3.8) is 0 Å². The first-order chi connectivity index (χ1) is 35.3. The van der Waals surface area contributed by atoms with E-state index >= 15 is 0 Å². The van der Waals surface area contributed by atoms with Gasteiger partial charge in [0, 0.05) is 82.2 Å². The number of fused-ring (bicyclic) bond motifs is 5. The van der Waals surface area contributed by atoms with Gasteiger partial charge < -0.3 is 20.3 Å². The number of nitrogens with zero attached hydrogens (tertiary/aromatic N) is 3. The van der Waals surface area contributed by atoms with E-state index in [0.717, 1.165) is 45.8 Å². The molecule has 3 N–H and O–H groups in total. The third-order valence-corrected chi connectivity index (χ3v) is 15.6. The minimum absolute atomic E-state index is 0.0608. The van der Waals surface area contributed by atoms with Gasteiger partial charge in [0.25, 0.3) is 16.0 Å². The molecule has 6 aromatic rings. The number of benzene rings is 5. The molecule has 0 saturated heterocycles. The number of nitrogens with one attached hydrogen (secondary N) is 2. The molecule has 0 saturated carbocycles. The van der Waals surface area contributed by atoms with Gasteiger partial charge in [-0.2, -0.15) is 13.0 Å². The van der Waals surface area contributed by atoms with Crippen molar-refractivity contribution in [2.45, 2.75) is 90.9 Å². The van der Waals surface area contributed by atoms with Crippen LogP contribution >= 0.6 is 11.6 Å². The van der Waals surface area contributed by atoms with Crippen LogP contribution in [0.5, 0.6) is 5.75 Å². The summed E-state index contributed by atoms with van der Waals surface area (Å²) in [4.78, 5) is 42.6. The molecule has 0 unspecified atom stereocenters. The summed E-state index contributed by atoms with van der Waals surface area (Å²) >= 11 is 6.08. The molecule has 0 spiro atoms. The highest BCUT2D eigenvalue weighted by molar-refractivity contribution is 7.85. The first-order valence-corrected chi connectivity index (χ1v) is 27.4. The van der Waals surface area contributed by atoms with Crippen molar-refractivity contribution in [3.8, 4) is 5.75 Å². The molecule has 8 rings (SSSR count). The van der Waals surface area contributed by atoms with E-state index in [1.807, 2.05) is 31.2 Å². The lowest BCUT2D eigenvalue weighted by Gasteiger charge is -2.25. The van der Waals surface area contributed by atoms with Gasteiger partial charge in [0.1, 0.15) is 12.3 Å². The maximum atomic E-state index is 13.7. The predicted molar refractivity (Wildman–Crippen MR) is 298 cm³/mol. The molecule has 1 aromatic heterocycles. The molecule has 2 aliphatic rings. The van der Waals surface area contributed by atoms with E-state index in [1.165, 1.54) is 21.9 Å². The van der Waals surface area contributed by atoms with Crippen molar-refractivity contribution in [1.29, 1.82) is 0 Å². The van der Waals surface area contributed by atoms with Gasteiger partial charge in [-0.05, 0) is 135 Å². The summed E-state index contributed by atoms with van der Waals surface area (Å²) in [5, 5.41) is 9.77. The number of anilines is 1.